The van der Waals surface area contributed by atoms with Crippen LogP contribution in [0.4, 0.5) is 0 Å². The highest BCUT2D eigenvalue weighted by Crippen LogP contribution is 2.22. The monoisotopic (exact) mass is 308 g/mol. The van der Waals surface area contributed by atoms with E-state index < -0.39 is 0 Å². The van der Waals surface area contributed by atoms with Crippen molar-refractivity contribution in [1.29, 1.82) is 0 Å². The second kappa shape index (κ2) is 6.96. The highest BCUT2D eigenvalue weighted by atomic mass is 35.5. The zero-order chi connectivity index (χ0) is 15.4. The van der Waals surface area contributed by atoms with Gasteiger partial charge in [-0.25, -0.2) is 0 Å². The van der Waals surface area contributed by atoms with Gasteiger partial charge in [0.1, 0.15) is 0 Å². The normalized spacial score (nSPS) is 12.8. The maximum Gasteiger partial charge on any atom is 0.224 e. The predicted octanol–water partition coefficient (Wildman–Crippen LogP) is 2.89. The molecule has 2 aromatic rings. The SMILES string of the molecule is CC(C)CC(CO)NC(=O)Cc1c[nH]c2cc(Cl)ccc12. The lowest BCUT2D eigenvalue weighted by Crippen LogP contribution is -2.39. The van der Waals surface area contributed by atoms with Gasteiger partial charge in [0, 0.05) is 22.1 Å². The number of hydrogen-bond acceptors (Lipinski definition) is 2. The number of carbonyl (C=O) groups excluding carboxylic acids is 1. The molecule has 5 heteroatoms. The molecule has 1 atom stereocenters. The third-order valence-electron chi connectivity index (χ3n) is 3.42. The summed E-state index contributed by atoms with van der Waals surface area (Å²) in [6.07, 6.45) is 2.89. The predicted molar refractivity (Wildman–Crippen MR) is 85.5 cm³/mol. The van der Waals surface area contributed by atoms with E-state index in [0.29, 0.717) is 10.9 Å². The molecule has 0 bridgehead atoms. The summed E-state index contributed by atoms with van der Waals surface area (Å²) in [5.41, 5.74) is 1.85. The fourth-order valence-corrected chi connectivity index (χ4v) is 2.68. The number of aromatic amines is 1. The lowest BCUT2D eigenvalue weighted by Gasteiger charge is -2.18. The molecule has 1 aromatic carbocycles. The first-order valence-electron chi connectivity index (χ1n) is 7.15. The number of halogens is 1. The maximum absolute atomic E-state index is 12.1. The third-order valence-corrected chi connectivity index (χ3v) is 3.66. The van der Waals surface area contributed by atoms with E-state index in [1.54, 1.807) is 0 Å². The maximum atomic E-state index is 12.1. The highest BCUT2D eigenvalue weighted by molar-refractivity contribution is 6.31. The van der Waals surface area contributed by atoms with Gasteiger partial charge in [-0.05, 0) is 30.0 Å². The van der Waals surface area contributed by atoms with Crippen molar-refractivity contribution >= 4 is 28.4 Å². The van der Waals surface area contributed by atoms with Gasteiger partial charge in [0.05, 0.1) is 19.1 Å². The molecule has 0 aliphatic carbocycles. The summed E-state index contributed by atoms with van der Waals surface area (Å²) < 4.78 is 0. The minimum Gasteiger partial charge on any atom is -0.394 e. The van der Waals surface area contributed by atoms with Gasteiger partial charge in [-0.2, -0.15) is 0 Å². The molecule has 21 heavy (non-hydrogen) atoms. The molecule has 0 radical (unpaired) electrons. The van der Waals surface area contributed by atoms with Gasteiger partial charge in [0.2, 0.25) is 5.91 Å². The molecule has 114 valence electrons. The Kier molecular flexibility index (Phi) is 5.26. The van der Waals surface area contributed by atoms with Crippen LogP contribution < -0.4 is 5.32 Å². The van der Waals surface area contributed by atoms with Crippen molar-refractivity contribution in [2.24, 2.45) is 5.92 Å². The largest absolute Gasteiger partial charge is 0.394 e. The summed E-state index contributed by atoms with van der Waals surface area (Å²) >= 11 is 5.94. The van der Waals surface area contributed by atoms with Gasteiger partial charge in [-0.3, -0.25) is 4.79 Å². The van der Waals surface area contributed by atoms with E-state index in [0.717, 1.165) is 22.9 Å². The van der Waals surface area contributed by atoms with Gasteiger partial charge in [0.25, 0.3) is 0 Å². The van der Waals surface area contributed by atoms with Crippen LogP contribution in [-0.4, -0.2) is 28.6 Å². The smallest absolute Gasteiger partial charge is 0.224 e. The van der Waals surface area contributed by atoms with Crippen molar-refractivity contribution < 1.29 is 9.90 Å². The summed E-state index contributed by atoms with van der Waals surface area (Å²) in [7, 11) is 0. The van der Waals surface area contributed by atoms with Crippen LogP contribution >= 0.6 is 11.6 Å². The van der Waals surface area contributed by atoms with Gasteiger partial charge in [0.15, 0.2) is 0 Å². The van der Waals surface area contributed by atoms with E-state index in [9.17, 15) is 9.90 Å². The number of amides is 1. The van der Waals surface area contributed by atoms with Crippen molar-refractivity contribution in [2.75, 3.05) is 6.61 Å². The van der Waals surface area contributed by atoms with Crippen LogP contribution in [-0.2, 0) is 11.2 Å². The lowest BCUT2D eigenvalue weighted by atomic mass is 10.0. The molecule has 0 fully saturated rings. The molecule has 0 saturated heterocycles. The molecule has 0 saturated carbocycles. The van der Waals surface area contributed by atoms with E-state index in [2.05, 4.69) is 24.1 Å². The van der Waals surface area contributed by atoms with Crippen molar-refractivity contribution in [1.82, 2.24) is 10.3 Å². The van der Waals surface area contributed by atoms with Crippen molar-refractivity contribution in [2.45, 2.75) is 32.7 Å². The summed E-state index contributed by atoms with van der Waals surface area (Å²) in [5, 5.41) is 13.9. The van der Waals surface area contributed by atoms with Crippen molar-refractivity contribution in [3.05, 3.63) is 35.0 Å². The van der Waals surface area contributed by atoms with Crippen molar-refractivity contribution in [3.8, 4) is 0 Å². The molecule has 0 aliphatic heterocycles. The molecule has 1 aromatic heterocycles. The van der Waals surface area contributed by atoms with Crippen LogP contribution in [0.15, 0.2) is 24.4 Å². The quantitative estimate of drug-likeness (QED) is 0.768. The zero-order valence-electron chi connectivity index (χ0n) is 12.3. The molecular weight excluding hydrogens is 288 g/mol. The van der Waals surface area contributed by atoms with E-state index in [1.807, 2.05) is 24.4 Å². The number of aliphatic hydroxyl groups excluding tert-OH is 1. The van der Waals surface area contributed by atoms with E-state index in [-0.39, 0.29) is 25.0 Å². The molecule has 1 amide bonds. The first-order valence-corrected chi connectivity index (χ1v) is 7.53. The van der Waals surface area contributed by atoms with Gasteiger partial charge < -0.3 is 15.4 Å². The fraction of sp³-hybridized carbons (Fsp3) is 0.438. The standard InChI is InChI=1S/C16H21ClN2O2/c1-10(2)5-13(9-20)19-16(21)6-11-8-18-15-7-12(17)3-4-14(11)15/h3-4,7-8,10,13,18,20H,5-6,9H2,1-2H3,(H,19,21). The second-order valence-electron chi connectivity index (χ2n) is 5.76. The Morgan fingerprint density at radius 1 is 1.43 bits per heavy atom. The third kappa shape index (κ3) is 4.22. The summed E-state index contributed by atoms with van der Waals surface area (Å²) in [6.45, 7) is 4.10. The summed E-state index contributed by atoms with van der Waals surface area (Å²) in [6, 6.07) is 5.38. The van der Waals surface area contributed by atoms with Crippen LogP contribution in [0.5, 0.6) is 0 Å². The number of aliphatic hydroxyl groups is 1. The number of benzene rings is 1. The van der Waals surface area contributed by atoms with Gasteiger partial charge in [-0.15, -0.1) is 0 Å². The Bertz CT molecular complexity index is 622. The molecule has 2 rings (SSSR count). The Hall–Kier alpha value is -1.52. The number of H-pyrrole nitrogens is 1. The van der Waals surface area contributed by atoms with Crippen molar-refractivity contribution in [3.63, 3.8) is 0 Å². The van der Waals surface area contributed by atoms with Crippen LogP contribution in [0.25, 0.3) is 10.9 Å². The molecule has 1 unspecified atom stereocenters. The molecule has 4 nitrogen and oxygen atoms in total. The Balaban J connectivity index is 2.04. The summed E-state index contributed by atoms with van der Waals surface area (Å²) in [5.74, 6) is 0.350. The molecule has 3 N–H and O–H groups in total. The topological polar surface area (TPSA) is 65.1 Å². The number of carbonyl (C=O) groups is 1. The number of aromatic nitrogens is 1. The number of fused-ring (bicyclic) bond motifs is 1. The molecule has 1 heterocycles. The minimum atomic E-state index is -0.183. The number of hydrogen-bond donors (Lipinski definition) is 3. The van der Waals surface area contributed by atoms with E-state index in [4.69, 9.17) is 11.6 Å². The Morgan fingerprint density at radius 2 is 2.19 bits per heavy atom. The van der Waals surface area contributed by atoms with Crippen LogP contribution in [0.1, 0.15) is 25.8 Å². The molecular formula is C16H21ClN2O2. The number of rotatable bonds is 6. The van der Waals surface area contributed by atoms with Gasteiger partial charge >= 0.3 is 0 Å². The molecule has 0 spiro atoms. The average molecular weight is 309 g/mol. The first-order chi connectivity index (χ1) is 9.99. The lowest BCUT2D eigenvalue weighted by molar-refractivity contribution is -0.121. The fourth-order valence-electron chi connectivity index (χ4n) is 2.50. The highest BCUT2D eigenvalue weighted by Gasteiger charge is 2.15. The van der Waals surface area contributed by atoms with Gasteiger partial charge in [-0.1, -0.05) is 31.5 Å². The number of nitrogens with one attached hydrogen (secondary N) is 2. The van der Waals surface area contributed by atoms with Crippen LogP contribution in [0.2, 0.25) is 5.02 Å². The minimum absolute atomic E-state index is 0.0343. The average Bonchev–Trinajstić information content (AvgIpc) is 2.79. The Labute approximate surface area is 129 Å². The first kappa shape index (κ1) is 15.9. The van der Waals surface area contributed by atoms with Crippen LogP contribution in [0.3, 0.4) is 0 Å². The van der Waals surface area contributed by atoms with Crippen LogP contribution in [0, 0.1) is 5.92 Å². The zero-order valence-corrected chi connectivity index (χ0v) is 13.1. The summed E-state index contributed by atoms with van der Waals surface area (Å²) in [4.78, 5) is 15.2. The van der Waals surface area contributed by atoms with E-state index >= 15 is 0 Å². The Morgan fingerprint density at radius 3 is 2.86 bits per heavy atom. The molecule has 0 aliphatic rings. The second-order valence-corrected chi connectivity index (χ2v) is 6.19. The van der Waals surface area contributed by atoms with E-state index in [1.165, 1.54) is 0 Å².